The minimum Gasteiger partial charge on any atom is -0.463 e. The largest absolute Gasteiger partial charge is 0.463 e. The number of carbonyl (C=O) groups excluding carboxylic acids is 2. The number of hydrogen-bond acceptors (Lipinski definition) is 3. The molecule has 7 atom stereocenters. The van der Waals surface area contributed by atoms with Crippen LogP contribution in [-0.4, -0.2) is 17.9 Å². The zero-order chi connectivity index (χ0) is 17.1. The summed E-state index contributed by atoms with van der Waals surface area (Å²) in [6, 6.07) is 0. The molecule has 0 radical (unpaired) electrons. The molecule has 0 spiro atoms. The van der Waals surface area contributed by atoms with E-state index in [0.29, 0.717) is 23.0 Å². The van der Waals surface area contributed by atoms with E-state index in [1.54, 1.807) is 0 Å². The van der Waals surface area contributed by atoms with Crippen molar-refractivity contribution in [2.45, 2.75) is 84.7 Å². The van der Waals surface area contributed by atoms with Gasteiger partial charge in [-0.15, -0.1) is 0 Å². The normalized spacial score (nSPS) is 50.6. The summed E-state index contributed by atoms with van der Waals surface area (Å²) in [5.74, 6) is 3.26. The van der Waals surface area contributed by atoms with Gasteiger partial charge < -0.3 is 4.74 Å². The Morgan fingerprint density at radius 2 is 1.83 bits per heavy atom. The zero-order valence-electron chi connectivity index (χ0n) is 15.5. The lowest BCUT2D eigenvalue weighted by atomic mass is 9.45. The fourth-order valence-corrected chi connectivity index (χ4v) is 7.33. The van der Waals surface area contributed by atoms with Gasteiger partial charge in [-0.25, -0.2) is 0 Å². The fourth-order valence-electron chi connectivity index (χ4n) is 7.33. The predicted octanol–water partition coefficient (Wildman–Crippen LogP) is 4.53. The summed E-state index contributed by atoms with van der Waals surface area (Å²) >= 11 is 0. The fraction of sp³-hybridized carbons (Fsp3) is 0.905. The van der Waals surface area contributed by atoms with Gasteiger partial charge in [0.15, 0.2) is 0 Å². The highest BCUT2D eigenvalue weighted by Gasteiger charge is 2.60. The van der Waals surface area contributed by atoms with Gasteiger partial charge in [0.05, 0.1) is 0 Å². The molecule has 0 N–H and O–H groups in total. The lowest BCUT2D eigenvalue weighted by Gasteiger charge is -2.60. The van der Waals surface area contributed by atoms with Crippen LogP contribution in [0.25, 0.3) is 0 Å². The van der Waals surface area contributed by atoms with Crippen LogP contribution in [-0.2, 0) is 14.3 Å². The Hall–Kier alpha value is -0.860. The Balaban J connectivity index is 1.54. The first-order valence-corrected chi connectivity index (χ1v) is 10.0. The molecule has 4 aliphatic carbocycles. The average molecular weight is 332 g/mol. The summed E-state index contributed by atoms with van der Waals surface area (Å²) in [5.41, 5.74) is 0.381. The van der Waals surface area contributed by atoms with E-state index in [0.717, 1.165) is 43.9 Å². The third-order valence-corrected chi connectivity index (χ3v) is 8.66. The first-order valence-electron chi connectivity index (χ1n) is 10.0. The highest BCUT2D eigenvalue weighted by molar-refractivity contribution is 5.87. The molecular weight excluding hydrogens is 300 g/mol. The van der Waals surface area contributed by atoms with Crippen LogP contribution in [0.2, 0.25) is 0 Å². The van der Waals surface area contributed by atoms with Crippen molar-refractivity contribution in [1.82, 2.24) is 0 Å². The van der Waals surface area contributed by atoms with Crippen LogP contribution in [0.4, 0.5) is 0 Å². The lowest BCUT2D eigenvalue weighted by molar-refractivity contribution is -0.160. The summed E-state index contributed by atoms with van der Waals surface area (Å²) in [6.07, 6.45) is 10.2. The molecule has 0 aromatic heterocycles. The number of ketones is 1. The number of carbonyl (C=O) groups is 2. The smallest absolute Gasteiger partial charge is 0.302 e. The third kappa shape index (κ3) is 2.29. The number of rotatable bonds is 1. The standard InChI is InChI=1S/C21H32O3/c1-13(22)24-15-8-10-20(2)14(12-15)4-5-16-17-6-7-19(23)21(17,3)11-9-18(16)20/h14-18H,4-12H2,1-3H3/t14-,15+,16+,17-,18+,20-,21-/m1/s1. The molecule has 0 heterocycles. The van der Waals surface area contributed by atoms with Crippen molar-refractivity contribution in [1.29, 1.82) is 0 Å². The Morgan fingerprint density at radius 1 is 1.04 bits per heavy atom. The first kappa shape index (κ1) is 16.6. The van der Waals surface area contributed by atoms with Crippen LogP contribution >= 0.6 is 0 Å². The van der Waals surface area contributed by atoms with Gasteiger partial charge in [0, 0.05) is 18.8 Å². The van der Waals surface area contributed by atoms with Gasteiger partial charge in [0.1, 0.15) is 11.9 Å². The van der Waals surface area contributed by atoms with Crippen LogP contribution in [0.3, 0.4) is 0 Å². The quantitative estimate of drug-likeness (QED) is 0.663. The molecule has 134 valence electrons. The van der Waals surface area contributed by atoms with Gasteiger partial charge in [-0.3, -0.25) is 9.59 Å². The summed E-state index contributed by atoms with van der Waals surface area (Å²) in [4.78, 5) is 23.8. The summed E-state index contributed by atoms with van der Waals surface area (Å²) in [5, 5.41) is 0. The number of Topliss-reactive ketones (excluding diaryl/α,β-unsaturated/α-hetero) is 1. The highest BCUT2D eigenvalue weighted by Crippen LogP contribution is 2.65. The maximum Gasteiger partial charge on any atom is 0.302 e. The molecule has 4 rings (SSSR count). The monoisotopic (exact) mass is 332 g/mol. The van der Waals surface area contributed by atoms with Gasteiger partial charge in [0.25, 0.3) is 0 Å². The topological polar surface area (TPSA) is 43.4 Å². The molecule has 0 bridgehead atoms. The van der Waals surface area contributed by atoms with E-state index < -0.39 is 0 Å². The first-order chi connectivity index (χ1) is 11.3. The average Bonchev–Trinajstić information content (AvgIpc) is 2.83. The van der Waals surface area contributed by atoms with Crippen LogP contribution in [0.5, 0.6) is 0 Å². The number of fused-ring (bicyclic) bond motifs is 5. The molecule has 0 saturated heterocycles. The SMILES string of the molecule is CC(=O)O[C@H]1CC[C@]2(C)[C@H](CC[C@H]3[C@H]4CCC(=O)[C@]4(C)CC[C@@H]32)C1. The number of esters is 1. The van der Waals surface area contributed by atoms with Crippen LogP contribution in [0.1, 0.15) is 78.6 Å². The molecule has 0 aromatic carbocycles. The molecule has 0 amide bonds. The van der Waals surface area contributed by atoms with Gasteiger partial charge in [-0.1, -0.05) is 13.8 Å². The molecule has 3 nitrogen and oxygen atoms in total. The van der Waals surface area contributed by atoms with E-state index in [-0.39, 0.29) is 17.5 Å². The second-order valence-electron chi connectivity index (χ2n) is 9.58. The van der Waals surface area contributed by atoms with E-state index in [2.05, 4.69) is 13.8 Å². The van der Waals surface area contributed by atoms with Gasteiger partial charge in [-0.2, -0.15) is 0 Å². The van der Waals surface area contributed by atoms with Crippen molar-refractivity contribution < 1.29 is 14.3 Å². The van der Waals surface area contributed by atoms with E-state index in [4.69, 9.17) is 4.74 Å². The molecule has 24 heavy (non-hydrogen) atoms. The third-order valence-electron chi connectivity index (χ3n) is 8.66. The van der Waals surface area contributed by atoms with Gasteiger partial charge >= 0.3 is 5.97 Å². The van der Waals surface area contributed by atoms with Crippen molar-refractivity contribution in [2.75, 3.05) is 0 Å². The zero-order valence-corrected chi connectivity index (χ0v) is 15.5. The van der Waals surface area contributed by atoms with E-state index >= 15 is 0 Å². The lowest BCUT2D eigenvalue weighted by Crippen LogP contribution is -2.54. The number of ether oxygens (including phenoxy) is 1. The van der Waals surface area contributed by atoms with Crippen molar-refractivity contribution in [2.24, 2.45) is 34.5 Å². The van der Waals surface area contributed by atoms with Crippen molar-refractivity contribution in [3.63, 3.8) is 0 Å². The van der Waals surface area contributed by atoms with Crippen LogP contribution in [0.15, 0.2) is 0 Å². The van der Waals surface area contributed by atoms with E-state index in [9.17, 15) is 9.59 Å². The summed E-state index contributed by atoms with van der Waals surface area (Å²) in [7, 11) is 0. The van der Waals surface area contributed by atoms with Crippen molar-refractivity contribution in [3.05, 3.63) is 0 Å². The maximum atomic E-state index is 12.5. The minimum atomic E-state index is -0.129. The molecule has 4 fully saturated rings. The highest BCUT2D eigenvalue weighted by atomic mass is 16.5. The van der Waals surface area contributed by atoms with E-state index in [1.807, 2.05) is 0 Å². The Kier molecular flexibility index (Phi) is 3.85. The van der Waals surface area contributed by atoms with Crippen LogP contribution < -0.4 is 0 Å². The second kappa shape index (κ2) is 5.57. The Bertz CT molecular complexity index is 555. The van der Waals surface area contributed by atoms with E-state index in [1.165, 1.54) is 32.6 Å². The molecule has 3 heteroatoms. The molecule has 4 aliphatic rings. The molecule has 0 unspecified atom stereocenters. The summed E-state index contributed by atoms with van der Waals surface area (Å²) < 4.78 is 5.54. The predicted molar refractivity (Wildman–Crippen MR) is 92.3 cm³/mol. The minimum absolute atomic E-state index is 0.0146. The summed E-state index contributed by atoms with van der Waals surface area (Å²) in [6.45, 7) is 6.30. The van der Waals surface area contributed by atoms with Gasteiger partial charge in [-0.05, 0) is 80.5 Å². The number of hydrogen-bond donors (Lipinski definition) is 0. The van der Waals surface area contributed by atoms with Crippen molar-refractivity contribution in [3.8, 4) is 0 Å². The molecule has 0 aliphatic heterocycles. The second-order valence-corrected chi connectivity index (χ2v) is 9.58. The molecule has 0 aromatic rings. The molecule has 4 saturated carbocycles. The molecular formula is C21H32O3. The Morgan fingerprint density at radius 3 is 2.58 bits per heavy atom. The Labute approximate surface area is 145 Å². The van der Waals surface area contributed by atoms with Gasteiger partial charge in [0.2, 0.25) is 0 Å². The maximum absolute atomic E-state index is 12.5. The van der Waals surface area contributed by atoms with Crippen LogP contribution in [0, 0.1) is 34.5 Å². The van der Waals surface area contributed by atoms with Crippen molar-refractivity contribution >= 4 is 11.8 Å².